The fourth-order valence-electron chi connectivity index (χ4n) is 2.32. The minimum absolute atomic E-state index is 0.699. The Morgan fingerprint density at radius 1 is 1.36 bits per heavy atom. The van der Waals surface area contributed by atoms with Gasteiger partial charge in [-0.25, -0.2) is 4.98 Å². The molecule has 1 aliphatic carbocycles. The molecule has 1 unspecified atom stereocenters. The second kappa shape index (κ2) is 3.09. The molecule has 0 radical (unpaired) electrons. The highest BCUT2D eigenvalue weighted by molar-refractivity contribution is 5.15. The molecular formula is C11H17N3. The van der Waals surface area contributed by atoms with Crippen LogP contribution in [0.4, 0.5) is 0 Å². The maximum Gasteiger partial charge on any atom is 0.0951 e. The number of nitrogens with zero attached hydrogens (tertiary/aromatic N) is 2. The molecule has 1 atom stereocenters. The van der Waals surface area contributed by atoms with Crippen molar-refractivity contribution in [3.8, 4) is 0 Å². The van der Waals surface area contributed by atoms with Crippen molar-refractivity contribution in [2.45, 2.75) is 51.2 Å². The van der Waals surface area contributed by atoms with E-state index in [4.69, 9.17) is 0 Å². The Balaban J connectivity index is 1.74. The first-order valence-corrected chi connectivity index (χ1v) is 5.59. The molecule has 3 heteroatoms. The molecule has 3 nitrogen and oxygen atoms in total. The number of hydrogen-bond donors (Lipinski definition) is 1. The summed E-state index contributed by atoms with van der Waals surface area (Å²) in [6.07, 6.45) is 7.18. The van der Waals surface area contributed by atoms with Crippen molar-refractivity contribution >= 4 is 0 Å². The summed E-state index contributed by atoms with van der Waals surface area (Å²) in [5.74, 6) is 0. The number of aromatic nitrogens is 2. The van der Waals surface area contributed by atoms with Gasteiger partial charge in [0.25, 0.3) is 0 Å². The van der Waals surface area contributed by atoms with E-state index >= 15 is 0 Å². The molecule has 3 rings (SSSR count). The first-order chi connectivity index (χ1) is 6.83. The Labute approximate surface area is 84.5 Å². The summed E-state index contributed by atoms with van der Waals surface area (Å²) in [4.78, 5) is 4.36. The third-order valence-electron chi connectivity index (χ3n) is 3.36. The number of fused-ring (bicyclic) bond motifs is 1. The van der Waals surface area contributed by atoms with Crippen LogP contribution < -0.4 is 5.32 Å². The van der Waals surface area contributed by atoms with Crippen molar-refractivity contribution in [3.05, 3.63) is 17.7 Å². The van der Waals surface area contributed by atoms with Gasteiger partial charge < -0.3 is 9.88 Å². The summed E-state index contributed by atoms with van der Waals surface area (Å²) in [6, 6.07) is 1.53. The van der Waals surface area contributed by atoms with Gasteiger partial charge in [-0.3, -0.25) is 0 Å². The molecule has 0 aromatic carbocycles. The minimum Gasteiger partial charge on any atom is -0.334 e. The Morgan fingerprint density at radius 2 is 2.21 bits per heavy atom. The van der Waals surface area contributed by atoms with E-state index in [-0.39, 0.29) is 0 Å². The minimum atomic E-state index is 0.699. The van der Waals surface area contributed by atoms with Crippen molar-refractivity contribution < 1.29 is 0 Å². The van der Waals surface area contributed by atoms with E-state index < -0.39 is 0 Å². The normalized spacial score (nSPS) is 26.2. The van der Waals surface area contributed by atoms with Gasteiger partial charge in [-0.05, 0) is 26.2 Å². The molecule has 76 valence electrons. The Kier molecular flexibility index (Phi) is 1.87. The van der Waals surface area contributed by atoms with Crippen molar-refractivity contribution in [2.24, 2.45) is 0 Å². The van der Waals surface area contributed by atoms with Gasteiger partial charge >= 0.3 is 0 Å². The molecular weight excluding hydrogens is 174 g/mol. The van der Waals surface area contributed by atoms with Gasteiger partial charge in [0.05, 0.1) is 12.0 Å². The van der Waals surface area contributed by atoms with Gasteiger partial charge in [0, 0.05) is 30.7 Å². The van der Waals surface area contributed by atoms with Crippen LogP contribution in [-0.2, 0) is 13.0 Å². The largest absolute Gasteiger partial charge is 0.334 e. The van der Waals surface area contributed by atoms with E-state index in [9.17, 15) is 0 Å². The molecule has 1 aromatic heterocycles. The topological polar surface area (TPSA) is 29.9 Å². The Morgan fingerprint density at radius 3 is 3.00 bits per heavy atom. The van der Waals surface area contributed by atoms with E-state index in [0.29, 0.717) is 6.04 Å². The molecule has 2 heterocycles. The van der Waals surface area contributed by atoms with Gasteiger partial charge in [-0.1, -0.05) is 0 Å². The van der Waals surface area contributed by atoms with Gasteiger partial charge in [0.2, 0.25) is 0 Å². The second-order valence-corrected chi connectivity index (χ2v) is 4.60. The smallest absolute Gasteiger partial charge is 0.0951 e. The van der Waals surface area contributed by atoms with Crippen LogP contribution in [0.5, 0.6) is 0 Å². The number of rotatable bonds is 2. The lowest BCUT2D eigenvalue weighted by Gasteiger charge is -2.25. The molecule has 0 saturated heterocycles. The summed E-state index contributed by atoms with van der Waals surface area (Å²) in [5.41, 5.74) is 2.65. The lowest BCUT2D eigenvalue weighted by molar-refractivity contribution is 0.396. The first kappa shape index (κ1) is 8.48. The summed E-state index contributed by atoms with van der Waals surface area (Å²) < 4.78 is 2.31. The predicted molar refractivity (Wildman–Crippen MR) is 55.2 cm³/mol. The molecule has 0 spiro atoms. The van der Waals surface area contributed by atoms with Crippen LogP contribution in [0, 0.1) is 6.92 Å². The second-order valence-electron chi connectivity index (χ2n) is 4.60. The zero-order valence-corrected chi connectivity index (χ0v) is 8.66. The maximum atomic E-state index is 4.36. The molecule has 0 bridgehead atoms. The van der Waals surface area contributed by atoms with Gasteiger partial charge in [0.1, 0.15) is 0 Å². The van der Waals surface area contributed by atoms with Crippen LogP contribution in [-0.4, -0.2) is 21.6 Å². The zero-order chi connectivity index (χ0) is 9.54. The Bertz CT molecular complexity index is 338. The molecule has 0 amide bonds. The Hall–Kier alpha value is -0.830. The molecule has 1 fully saturated rings. The van der Waals surface area contributed by atoms with Gasteiger partial charge in [-0.15, -0.1) is 0 Å². The molecule has 2 aliphatic rings. The zero-order valence-electron chi connectivity index (χ0n) is 8.66. The lowest BCUT2D eigenvalue weighted by atomic mass is 10.0. The van der Waals surface area contributed by atoms with E-state index in [1.54, 1.807) is 0 Å². The van der Waals surface area contributed by atoms with Crippen molar-refractivity contribution in [3.63, 3.8) is 0 Å². The highest BCUT2D eigenvalue weighted by Crippen LogP contribution is 2.23. The van der Waals surface area contributed by atoms with Crippen molar-refractivity contribution in [2.75, 3.05) is 0 Å². The molecule has 1 aliphatic heterocycles. The third kappa shape index (κ3) is 1.46. The van der Waals surface area contributed by atoms with Gasteiger partial charge in [-0.2, -0.15) is 0 Å². The van der Waals surface area contributed by atoms with Crippen LogP contribution in [0.15, 0.2) is 6.33 Å². The van der Waals surface area contributed by atoms with Crippen LogP contribution in [0.1, 0.15) is 30.7 Å². The summed E-state index contributed by atoms with van der Waals surface area (Å²) in [5, 5.41) is 3.71. The quantitative estimate of drug-likeness (QED) is 0.762. The fraction of sp³-hybridized carbons (Fsp3) is 0.727. The van der Waals surface area contributed by atoms with Crippen molar-refractivity contribution in [1.29, 1.82) is 0 Å². The summed E-state index contributed by atoms with van der Waals surface area (Å²) in [7, 11) is 0. The van der Waals surface area contributed by atoms with Gasteiger partial charge in [0.15, 0.2) is 0 Å². The van der Waals surface area contributed by atoms with Crippen LogP contribution >= 0.6 is 0 Å². The van der Waals surface area contributed by atoms with E-state index in [1.807, 2.05) is 6.33 Å². The highest BCUT2D eigenvalue weighted by atomic mass is 15.1. The monoisotopic (exact) mass is 191 g/mol. The van der Waals surface area contributed by atoms with Crippen LogP contribution in [0.25, 0.3) is 0 Å². The summed E-state index contributed by atoms with van der Waals surface area (Å²) in [6.45, 7) is 3.26. The molecule has 1 aromatic rings. The summed E-state index contributed by atoms with van der Waals surface area (Å²) >= 11 is 0. The number of aryl methyl sites for hydroxylation is 2. The van der Waals surface area contributed by atoms with Crippen molar-refractivity contribution in [1.82, 2.24) is 14.9 Å². The molecule has 1 N–H and O–H groups in total. The molecule has 14 heavy (non-hydrogen) atoms. The highest BCUT2D eigenvalue weighted by Gasteiger charge is 2.27. The first-order valence-electron chi connectivity index (χ1n) is 5.59. The third-order valence-corrected chi connectivity index (χ3v) is 3.36. The average Bonchev–Trinajstić information content (AvgIpc) is 2.92. The number of nitrogens with one attached hydrogen (secondary N) is 1. The van der Waals surface area contributed by atoms with E-state index in [0.717, 1.165) is 12.6 Å². The van der Waals surface area contributed by atoms with Crippen LogP contribution in [0.2, 0.25) is 0 Å². The van der Waals surface area contributed by atoms with Crippen LogP contribution in [0.3, 0.4) is 0 Å². The van der Waals surface area contributed by atoms with E-state index in [2.05, 4.69) is 21.8 Å². The number of hydrogen-bond acceptors (Lipinski definition) is 2. The van der Waals surface area contributed by atoms with E-state index in [1.165, 1.54) is 37.1 Å². The maximum absolute atomic E-state index is 4.36. The standard InChI is InChI=1S/C11H17N3/c1-8-11-6-10(13-9-2-3-9)4-5-14(11)7-12-8/h7,9-10,13H,2-6H2,1H3. The number of imidazole rings is 1. The average molecular weight is 191 g/mol. The fourth-order valence-corrected chi connectivity index (χ4v) is 2.32. The molecule has 1 saturated carbocycles. The lowest BCUT2D eigenvalue weighted by Crippen LogP contribution is -2.37. The SMILES string of the molecule is Cc1ncn2c1CC(NC1CC1)CC2. The predicted octanol–water partition coefficient (Wildman–Crippen LogP) is 1.26.